The highest BCUT2D eigenvalue weighted by Gasteiger charge is 2.29. The molecule has 0 spiro atoms. The van der Waals surface area contributed by atoms with Crippen LogP contribution in [0.1, 0.15) is 18.6 Å². The Morgan fingerprint density at radius 2 is 2.07 bits per heavy atom. The number of nitrogens with zero attached hydrogens (tertiary/aromatic N) is 3. The van der Waals surface area contributed by atoms with Gasteiger partial charge in [-0.15, -0.1) is 0 Å². The van der Waals surface area contributed by atoms with Gasteiger partial charge in [0.05, 0.1) is 18.0 Å². The van der Waals surface area contributed by atoms with Crippen molar-refractivity contribution in [2.75, 3.05) is 18.0 Å². The molecule has 0 saturated carbocycles. The van der Waals surface area contributed by atoms with Gasteiger partial charge in [-0.2, -0.15) is 21.1 Å². The molecule has 4 rings (SSSR count). The van der Waals surface area contributed by atoms with E-state index in [-0.39, 0.29) is 22.9 Å². The number of morpholine rings is 1. The van der Waals surface area contributed by atoms with Crippen LogP contribution in [-0.2, 0) is 4.74 Å². The summed E-state index contributed by atoms with van der Waals surface area (Å²) in [5.74, 6) is -1.63. The molecule has 9 heteroatoms. The lowest BCUT2D eigenvalue weighted by Crippen LogP contribution is -2.43. The topological polar surface area (TPSA) is 47.4 Å². The van der Waals surface area contributed by atoms with Gasteiger partial charge in [-0.1, -0.05) is 11.6 Å². The van der Waals surface area contributed by atoms with E-state index in [0.717, 1.165) is 22.4 Å². The summed E-state index contributed by atoms with van der Waals surface area (Å²) in [5.41, 5.74) is 0.690. The van der Waals surface area contributed by atoms with E-state index in [1.54, 1.807) is 11.3 Å². The second kappa shape index (κ2) is 7.62. The van der Waals surface area contributed by atoms with E-state index in [2.05, 4.69) is 5.10 Å². The maximum Gasteiger partial charge on any atom is 0.292 e. The average molecular weight is 424 g/mol. The lowest BCUT2D eigenvalue weighted by atomic mass is 10.1. The molecule has 0 amide bonds. The molecule has 1 aromatic carbocycles. The minimum absolute atomic E-state index is 0.0723. The maximum atomic E-state index is 14.1. The fraction of sp³-hybridized carbons (Fsp3) is 0.263. The predicted octanol–water partition coefficient (Wildman–Crippen LogP) is 4.19. The molecule has 1 fully saturated rings. The third kappa shape index (κ3) is 3.55. The van der Waals surface area contributed by atoms with Gasteiger partial charge in [0.1, 0.15) is 22.6 Å². The molecule has 2 unspecified atom stereocenters. The van der Waals surface area contributed by atoms with Gasteiger partial charge in [0.25, 0.3) is 5.56 Å². The van der Waals surface area contributed by atoms with E-state index in [4.69, 9.17) is 16.3 Å². The zero-order chi connectivity index (χ0) is 19.8. The Balaban J connectivity index is 1.69. The van der Waals surface area contributed by atoms with Crippen LogP contribution in [-0.4, -0.2) is 29.0 Å². The SMILES string of the molecule is CC1CN(c2cnn(-c3ccc(F)cc3F)c(=O)c2Cl)CC(c2ccsc2)O1. The Labute approximate surface area is 168 Å². The van der Waals surface area contributed by atoms with Crippen LogP contribution in [0, 0.1) is 11.6 Å². The summed E-state index contributed by atoms with van der Waals surface area (Å²) in [7, 11) is 0. The fourth-order valence-corrected chi connectivity index (χ4v) is 4.21. The third-order valence-corrected chi connectivity index (χ3v) is 5.61. The first kappa shape index (κ1) is 19.0. The van der Waals surface area contributed by atoms with E-state index in [1.807, 2.05) is 28.7 Å². The first-order valence-electron chi connectivity index (χ1n) is 8.60. The van der Waals surface area contributed by atoms with Crippen LogP contribution < -0.4 is 10.5 Å². The molecule has 1 aliphatic heterocycles. The van der Waals surface area contributed by atoms with Crippen LogP contribution in [0.15, 0.2) is 46.0 Å². The van der Waals surface area contributed by atoms with Crippen molar-refractivity contribution in [2.24, 2.45) is 0 Å². The first-order chi connectivity index (χ1) is 13.4. The summed E-state index contributed by atoms with van der Waals surface area (Å²) in [4.78, 5) is 14.7. The van der Waals surface area contributed by atoms with Crippen LogP contribution in [0.4, 0.5) is 14.5 Å². The van der Waals surface area contributed by atoms with Crippen LogP contribution in [0.25, 0.3) is 5.69 Å². The van der Waals surface area contributed by atoms with Gasteiger partial charge in [-0.3, -0.25) is 4.79 Å². The molecule has 3 aromatic rings. The van der Waals surface area contributed by atoms with E-state index in [9.17, 15) is 13.6 Å². The van der Waals surface area contributed by atoms with E-state index < -0.39 is 17.2 Å². The van der Waals surface area contributed by atoms with Gasteiger partial charge in [-0.05, 0) is 41.4 Å². The second-order valence-corrected chi connectivity index (χ2v) is 7.71. The van der Waals surface area contributed by atoms with Crippen molar-refractivity contribution < 1.29 is 13.5 Å². The normalized spacial score (nSPS) is 19.8. The first-order valence-corrected chi connectivity index (χ1v) is 9.92. The monoisotopic (exact) mass is 423 g/mol. The number of hydrogen-bond acceptors (Lipinski definition) is 5. The minimum Gasteiger partial charge on any atom is -0.367 e. The number of rotatable bonds is 3. The van der Waals surface area contributed by atoms with E-state index >= 15 is 0 Å². The standard InChI is InChI=1S/C19H16ClF2N3O2S/c1-11-8-24(9-17(27-11)12-4-5-28-10-12)16-7-23-25(19(26)18(16)20)15-3-2-13(21)6-14(15)22/h2-7,10-11,17H,8-9H2,1H3. The van der Waals surface area contributed by atoms with Gasteiger partial charge in [-0.25, -0.2) is 8.78 Å². The molecule has 2 aromatic heterocycles. The summed E-state index contributed by atoms with van der Waals surface area (Å²) in [6, 6.07) is 4.91. The molecule has 28 heavy (non-hydrogen) atoms. The van der Waals surface area contributed by atoms with E-state index in [1.165, 1.54) is 6.20 Å². The molecular formula is C19H16ClF2N3O2S. The lowest BCUT2D eigenvalue weighted by Gasteiger charge is -2.38. The molecule has 1 saturated heterocycles. The average Bonchev–Trinajstić information content (AvgIpc) is 3.19. The Bertz CT molecular complexity index is 1060. The van der Waals surface area contributed by atoms with Gasteiger partial charge >= 0.3 is 0 Å². The molecule has 0 aliphatic carbocycles. The minimum atomic E-state index is -0.893. The van der Waals surface area contributed by atoms with Crippen LogP contribution in [0.3, 0.4) is 0 Å². The number of thiophene rings is 1. The third-order valence-electron chi connectivity index (χ3n) is 4.55. The number of benzene rings is 1. The molecular weight excluding hydrogens is 408 g/mol. The number of aromatic nitrogens is 2. The molecule has 0 bridgehead atoms. The molecule has 2 atom stereocenters. The Morgan fingerprint density at radius 1 is 1.25 bits per heavy atom. The number of ether oxygens (including phenoxy) is 1. The van der Waals surface area contributed by atoms with Gasteiger partial charge in [0.2, 0.25) is 0 Å². The van der Waals surface area contributed by atoms with Crippen molar-refractivity contribution in [3.63, 3.8) is 0 Å². The van der Waals surface area contributed by atoms with Crippen LogP contribution >= 0.6 is 22.9 Å². The molecule has 0 N–H and O–H groups in total. The van der Waals surface area contributed by atoms with Crippen molar-refractivity contribution in [1.29, 1.82) is 0 Å². The molecule has 1 aliphatic rings. The highest BCUT2D eigenvalue weighted by molar-refractivity contribution is 7.07. The van der Waals surface area contributed by atoms with E-state index in [0.29, 0.717) is 24.8 Å². The van der Waals surface area contributed by atoms with Gasteiger partial charge in [0.15, 0.2) is 5.82 Å². The summed E-state index contributed by atoms with van der Waals surface area (Å²) in [6.45, 7) is 3.00. The molecule has 5 nitrogen and oxygen atoms in total. The van der Waals surface area contributed by atoms with Crippen molar-refractivity contribution in [1.82, 2.24) is 9.78 Å². The largest absolute Gasteiger partial charge is 0.367 e. The smallest absolute Gasteiger partial charge is 0.292 e. The number of anilines is 1. The molecule has 0 radical (unpaired) electrons. The second-order valence-electron chi connectivity index (χ2n) is 6.55. The number of hydrogen-bond donors (Lipinski definition) is 0. The van der Waals surface area contributed by atoms with Crippen molar-refractivity contribution >= 4 is 28.6 Å². The van der Waals surface area contributed by atoms with Gasteiger partial charge in [0, 0.05) is 19.2 Å². The summed E-state index contributed by atoms with van der Waals surface area (Å²) >= 11 is 7.92. The quantitative estimate of drug-likeness (QED) is 0.633. The summed E-state index contributed by atoms with van der Waals surface area (Å²) < 4.78 is 34.0. The van der Waals surface area contributed by atoms with Crippen molar-refractivity contribution in [3.05, 3.63) is 73.8 Å². The Morgan fingerprint density at radius 3 is 2.79 bits per heavy atom. The van der Waals surface area contributed by atoms with Crippen LogP contribution in [0.5, 0.6) is 0 Å². The lowest BCUT2D eigenvalue weighted by molar-refractivity contribution is -0.0171. The highest BCUT2D eigenvalue weighted by atomic mass is 35.5. The van der Waals surface area contributed by atoms with Gasteiger partial charge < -0.3 is 9.64 Å². The Hall–Kier alpha value is -2.29. The number of halogens is 3. The predicted molar refractivity (Wildman–Crippen MR) is 105 cm³/mol. The maximum absolute atomic E-state index is 14.1. The van der Waals surface area contributed by atoms with Crippen molar-refractivity contribution in [2.45, 2.75) is 19.1 Å². The zero-order valence-corrected chi connectivity index (χ0v) is 16.4. The highest BCUT2D eigenvalue weighted by Crippen LogP contribution is 2.32. The molecule has 3 heterocycles. The molecule has 146 valence electrons. The van der Waals surface area contributed by atoms with Crippen LogP contribution in [0.2, 0.25) is 5.02 Å². The fourth-order valence-electron chi connectivity index (χ4n) is 3.26. The zero-order valence-electron chi connectivity index (χ0n) is 14.8. The Kier molecular flexibility index (Phi) is 5.18. The van der Waals surface area contributed by atoms with Crippen molar-refractivity contribution in [3.8, 4) is 5.69 Å². The summed E-state index contributed by atoms with van der Waals surface area (Å²) in [6.07, 6.45) is 1.20. The summed E-state index contributed by atoms with van der Waals surface area (Å²) in [5, 5.41) is 8.00.